The normalized spacial score (nSPS) is 11.4. The Morgan fingerprint density at radius 1 is 1.17 bits per heavy atom. The number of hydrogen-bond acceptors (Lipinski definition) is 6. The molecule has 0 aliphatic rings. The standard InChI is InChI=1S/C17H21NO5/c1-11-4-6-14(7-5-11)22-9-8-16(21)23-10-15(20)17(12(2)18)13(3)19/h4-7,18,20H,8-10H2,1-3H3/b17-15+,18-12?. The van der Waals surface area contributed by atoms with Crippen LogP contribution in [-0.4, -0.2) is 35.8 Å². The predicted octanol–water partition coefficient (Wildman–Crippen LogP) is 2.75. The molecule has 0 radical (unpaired) electrons. The Balaban J connectivity index is 2.42. The summed E-state index contributed by atoms with van der Waals surface area (Å²) in [7, 11) is 0. The summed E-state index contributed by atoms with van der Waals surface area (Å²) >= 11 is 0. The van der Waals surface area contributed by atoms with Crippen molar-refractivity contribution < 1.29 is 24.2 Å². The van der Waals surface area contributed by atoms with Gasteiger partial charge in [0.25, 0.3) is 0 Å². The van der Waals surface area contributed by atoms with E-state index in [4.69, 9.17) is 14.9 Å². The fourth-order valence-electron chi connectivity index (χ4n) is 1.86. The maximum Gasteiger partial charge on any atom is 0.309 e. The van der Waals surface area contributed by atoms with Gasteiger partial charge >= 0.3 is 5.97 Å². The molecule has 1 aromatic carbocycles. The van der Waals surface area contributed by atoms with Gasteiger partial charge in [-0.1, -0.05) is 17.7 Å². The van der Waals surface area contributed by atoms with E-state index in [2.05, 4.69) is 0 Å². The van der Waals surface area contributed by atoms with E-state index in [1.165, 1.54) is 13.8 Å². The molecule has 0 aliphatic carbocycles. The lowest BCUT2D eigenvalue weighted by Crippen LogP contribution is -2.16. The third-order valence-corrected chi connectivity index (χ3v) is 2.98. The highest BCUT2D eigenvalue weighted by Gasteiger charge is 2.15. The maximum absolute atomic E-state index is 11.6. The number of carbonyl (C=O) groups excluding carboxylic acids is 2. The van der Waals surface area contributed by atoms with Crippen LogP contribution in [0.15, 0.2) is 35.6 Å². The SMILES string of the molecule is CC(=N)/C(C(C)=O)=C(\O)COC(=O)CCOc1ccc(C)cc1. The first-order valence-electron chi connectivity index (χ1n) is 7.15. The molecule has 0 fully saturated rings. The molecule has 0 amide bonds. The quantitative estimate of drug-likeness (QED) is 0.332. The summed E-state index contributed by atoms with van der Waals surface area (Å²) in [6, 6.07) is 7.42. The van der Waals surface area contributed by atoms with Crippen molar-refractivity contribution >= 4 is 17.5 Å². The smallest absolute Gasteiger partial charge is 0.309 e. The lowest BCUT2D eigenvalue weighted by atomic mass is 10.1. The van der Waals surface area contributed by atoms with Gasteiger partial charge in [0.05, 0.1) is 18.6 Å². The average Bonchev–Trinajstić information content (AvgIpc) is 2.46. The first-order chi connectivity index (χ1) is 10.8. The van der Waals surface area contributed by atoms with Crippen LogP contribution >= 0.6 is 0 Å². The van der Waals surface area contributed by atoms with Crippen molar-refractivity contribution in [3.05, 3.63) is 41.2 Å². The molecular formula is C17H21NO5. The molecule has 0 spiro atoms. The molecule has 0 aliphatic heterocycles. The largest absolute Gasteiger partial charge is 0.508 e. The summed E-state index contributed by atoms with van der Waals surface area (Å²) in [5, 5.41) is 17.2. The number of aliphatic hydroxyl groups excluding tert-OH is 1. The van der Waals surface area contributed by atoms with Crippen molar-refractivity contribution in [2.24, 2.45) is 0 Å². The molecule has 0 aromatic heterocycles. The van der Waals surface area contributed by atoms with Gasteiger partial charge in [-0.3, -0.25) is 9.59 Å². The zero-order valence-electron chi connectivity index (χ0n) is 13.5. The highest BCUT2D eigenvalue weighted by Crippen LogP contribution is 2.12. The number of nitrogens with one attached hydrogen (secondary N) is 1. The Hall–Kier alpha value is -2.63. The molecule has 0 heterocycles. The number of carbonyl (C=O) groups is 2. The number of aryl methyl sites for hydroxylation is 1. The Morgan fingerprint density at radius 2 is 1.78 bits per heavy atom. The van der Waals surface area contributed by atoms with E-state index in [1.54, 1.807) is 12.1 Å². The number of esters is 1. The molecule has 2 N–H and O–H groups in total. The predicted molar refractivity (Wildman–Crippen MR) is 86.0 cm³/mol. The molecule has 0 saturated carbocycles. The number of benzene rings is 1. The second-order valence-electron chi connectivity index (χ2n) is 5.08. The van der Waals surface area contributed by atoms with Gasteiger partial charge in [-0.25, -0.2) is 0 Å². The third kappa shape index (κ3) is 6.34. The van der Waals surface area contributed by atoms with Gasteiger partial charge in [0, 0.05) is 5.71 Å². The van der Waals surface area contributed by atoms with E-state index < -0.39 is 24.1 Å². The van der Waals surface area contributed by atoms with Crippen molar-refractivity contribution in [1.29, 1.82) is 5.41 Å². The van der Waals surface area contributed by atoms with Crippen LogP contribution in [0.1, 0.15) is 25.8 Å². The molecule has 0 unspecified atom stereocenters. The molecule has 6 heteroatoms. The number of ketones is 1. The van der Waals surface area contributed by atoms with Gasteiger partial charge in [-0.05, 0) is 32.9 Å². The van der Waals surface area contributed by atoms with Gasteiger partial charge in [-0.15, -0.1) is 0 Å². The number of aliphatic hydroxyl groups is 1. The fraction of sp³-hybridized carbons (Fsp3) is 0.353. The summed E-state index contributed by atoms with van der Waals surface area (Å²) in [6.07, 6.45) is 0.0140. The van der Waals surface area contributed by atoms with E-state index >= 15 is 0 Å². The molecule has 1 aromatic rings. The summed E-state index contributed by atoms with van der Waals surface area (Å²) in [6.45, 7) is 4.29. The van der Waals surface area contributed by atoms with Crippen LogP contribution in [0.4, 0.5) is 0 Å². The van der Waals surface area contributed by atoms with Crippen LogP contribution in [0.2, 0.25) is 0 Å². The first-order valence-corrected chi connectivity index (χ1v) is 7.15. The number of rotatable bonds is 8. The van der Waals surface area contributed by atoms with E-state index in [-0.39, 0.29) is 24.3 Å². The Morgan fingerprint density at radius 3 is 2.30 bits per heavy atom. The summed E-state index contributed by atoms with van der Waals surface area (Å²) in [5.41, 5.74) is 0.907. The van der Waals surface area contributed by atoms with Crippen LogP contribution in [0, 0.1) is 12.3 Å². The van der Waals surface area contributed by atoms with Gasteiger partial charge < -0.3 is 20.0 Å². The van der Waals surface area contributed by atoms with Crippen LogP contribution in [0.5, 0.6) is 5.75 Å². The Kier molecular flexibility index (Phi) is 6.99. The average molecular weight is 319 g/mol. The van der Waals surface area contributed by atoms with Crippen LogP contribution in [0.3, 0.4) is 0 Å². The van der Waals surface area contributed by atoms with Gasteiger partial charge in [0.1, 0.15) is 18.1 Å². The summed E-state index contributed by atoms with van der Waals surface area (Å²) < 4.78 is 10.3. The topological polar surface area (TPSA) is 96.7 Å². The number of Topliss-reactive ketones (excluding diaryl/α,β-unsaturated/α-hetero) is 1. The molecule has 1 rings (SSSR count). The lowest BCUT2D eigenvalue weighted by molar-refractivity contribution is -0.144. The minimum atomic E-state index is -0.561. The zero-order valence-corrected chi connectivity index (χ0v) is 13.5. The first kappa shape index (κ1) is 18.4. The van der Waals surface area contributed by atoms with Crippen molar-refractivity contribution in [2.75, 3.05) is 13.2 Å². The molecule has 0 atom stereocenters. The second kappa shape index (κ2) is 8.73. The number of ether oxygens (including phenoxy) is 2. The van der Waals surface area contributed by atoms with E-state index in [1.807, 2.05) is 19.1 Å². The van der Waals surface area contributed by atoms with Gasteiger partial charge in [-0.2, -0.15) is 0 Å². The maximum atomic E-state index is 11.6. The van der Waals surface area contributed by atoms with Crippen LogP contribution in [0.25, 0.3) is 0 Å². The minimum absolute atomic E-state index is 0.0140. The van der Waals surface area contributed by atoms with Crippen molar-refractivity contribution in [3.63, 3.8) is 0 Å². The van der Waals surface area contributed by atoms with E-state index in [0.717, 1.165) is 5.56 Å². The number of hydrogen-bond donors (Lipinski definition) is 2. The summed E-state index contributed by atoms with van der Waals surface area (Å²) in [4.78, 5) is 22.9. The number of allylic oxidation sites excluding steroid dienone is 1. The zero-order chi connectivity index (χ0) is 17.4. The highest BCUT2D eigenvalue weighted by molar-refractivity contribution is 6.19. The Labute approximate surface area is 135 Å². The van der Waals surface area contributed by atoms with Crippen LogP contribution < -0.4 is 4.74 Å². The van der Waals surface area contributed by atoms with Crippen LogP contribution in [-0.2, 0) is 14.3 Å². The molecule has 0 saturated heterocycles. The summed E-state index contributed by atoms with van der Waals surface area (Å²) in [5.74, 6) is -0.773. The molecular weight excluding hydrogens is 298 g/mol. The van der Waals surface area contributed by atoms with E-state index in [0.29, 0.717) is 5.75 Å². The second-order valence-corrected chi connectivity index (χ2v) is 5.08. The molecule has 0 bridgehead atoms. The van der Waals surface area contributed by atoms with Crippen molar-refractivity contribution in [3.8, 4) is 5.75 Å². The van der Waals surface area contributed by atoms with E-state index in [9.17, 15) is 14.7 Å². The molecule has 23 heavy (non-hydrogen) atoms. The molecule has 6 nitrogen and oxygen atoms in total. The van der Waals surface area contributed by atoms with Crippen molar-refractivity contribution in [1.82, 2.24) is 0 Å². The van der Waals surface area contributed by atoms with Crippen molar-refractivity contribution in [2.45, 2.75) is 27.2 Å². The van der Waals surface area contributed by atoms with Gasteiger partial charge in [0.15, 0.2) is 5.78 Å². The lowest BCUT2D eigenvalue weighted by Gasteiger charge is -2.09. The molecule has 124 valence electrons. The minimum Gasteiger partial charge on any atom is -0.508 e. The highest BCUT2D eigenvalue weighted by atomic mass is 16.5. The Bertz CT molecular complexity index is 600. The monoisotopic (exact) mass is 319 g/mol. The fourth-order valence-corrected chi connectivity index (χ4v) is 1.86. The van der Waals surface area contributed by atoms with Gasteiger partial charge in [0.2, 0.25) is 0 Å². The third-order valence-electron chi connectivity index (χ3n) is 2.98.